The van der Waals surface area contributed by atoms with E-state index in [0.29, 0.717) is 18.1 Å². The molecule has 0 aromatic rings. The number of allylic oxidation sites excluding steroid dienone is 4. The van der Waals surface area contributed by atoms with Gasteiger partial charge in [0.25, 0.3) is 0 Å². The lowest BCUT2D eigenvalue weighted by Crippen LogP contribution is -2.05. The van der Waals surface area contributed by atoms with Gasteiger partial charge in [0.1, 0.15) is 0 Å². The van der Waals surface area contributed by atoms with E-state index >= 15 is 0 Å². The third-order valence-electron chi connectivity index (χ3n) is 3.59. The molecule has 0 aliphatic heterocycles. The number of ether oxygens (including phenoxy) is 1. The zero-order valence-electron chi connectivity index (χ0n) is 12.8. The Kier molecular flexibility index (Phi) is 8.77. The molecule has 0 amide bonds. The van der Waals surface area contributed by atoms with Crippen LogP contribution in [0.3, 0.4) is 0 Å². The van der Waals surface area contributed by atoms with E-state index in [2.05, 4.69) is 30.9 Å². The van der Waals surface area contributed by atoms with E-state index in [1.807, 2.05) is 0 Å². The highest BCUT2D eigenvalue weighted by atomic mass is 16.5. The van der Waals surface area contributed by atoms with Gasteiger partial charge in [-0.05, 0) is 25.7 Å². The molecule has 2 nitrogen and oxygen atoms in total. The average Bonchev–Trinajstić information content (AvgIpc) is 2.93. The van der Waals surface area contributed by atoms with Crippen molar-refractivity contribution in [2.75, 3.05) is 6.61 Å². The van der Waals surface area contributed by atoms with E-state index in [0.717, 1.165) is 12.8 Å². The standard InChI is InChI=1S/C18H28O2/c1-16(2)18(19)20-15-11-7-5-3-4-6-8-12-17-13-9-10-14-17/h9-10,13-14,17H,1,3-8,11-12,15H2,2H3. The van der Waals surface area contributed by atoms with Gasteiger partial charge in [-0.1, -0.05) is 69.4 Å². The number of unbranched alkanes of at least 4 members (excludes halogenated alkanes) is 6. The van der Waals surface area contributed by atoms with Crippen LogP contribution < -0.4 is 0 Å². The molecule has 1 aliphatic carbocycles. The third-order valence-corrected chi connectivity index (χ3v) is 3.59. The van der Waals surface area contributed by atoms with Crippen LogP contribution >= 0.6 is 0 Å². The number of esters is 1. The van der Waals surface area contributed by atoms with Gasteiger partial charge in [-0.2, -0.15) is 0 Å². The molecule has 0 N–H and O–H groups in total. The molecule has 112 valence electrons. The number of carbonyl (C=O) groups excluding carboxylic acids is 1. The molecule has 0 aromatic heterocycles. The van der Waals surface area contributed by atoms with Gasteiger partial charge >= 0.3 is 5.97 Å². The fourth-order valence-corrected chi connectivity index (χ4v) is 2.32. The highest BCUT2D eigenvalue weighted by molar-refractivity contribution is 5.86. The fraction of sp³-hybridized carbons (Fsp3) is 0.611. The van der Waals surface area contributed by atoms with Gasteiger partial charge in [-0.15, -0.1) is 0 Å². The van der Waals surface area contributed by atoms with E-state index < -0.39 is 0 Å². The first-order chi connectivity index (χ1) is 9.70. The van der Waals surface area contributed by atoms with Gasteiger partial charge in [0.2, 0.25) is 0 Å². The molecule has 0 spiro atoms. The summed E-state index contributed by atoms with van der Waals surface area (Å²) in [6.45, 7) is 5.77. The van der Waals surface area contributed by atoms with Crippen LogP contribution in [0.2, 0.25) is 0 Å². The Balaban J connectivity index is 1.78. The zero-order chi connectivity index (χ0) is 14.6. The molecule has 1 rings (SSSR count). The van der Waals surface area contributed by atoms with Gasteiger partial charge in [0.05, 0.1) is 6.61 Å². The molecule has 0 fully saturated rings. The van der Waals surface area contributed by atoms with E-state index in [1.165, 1.54) is 38.5 Å². The Morgan fingerprint density at radius 1 is 1.00 bits per heavy atom. The smallest absolute Gasteiger partial charge is 0.333 e. The second-order valence-electron chi connectivity index (χ2n) is 5.61. The maximum atomic E-state index is 11.1. The minimum absolute atomic E-state index is 0.264. The summed E-state index contributed by atoms with van der Waals surface area (Å²) in [6.07, 6.45) is 18.8. The molecular weight excluding hydrogens is 248 g/mol. The van der Waals surface area contributed by atoms with Gasteiger partial charge in [-0.25, -0.2) is 4.79 Å². The summed E-state index contributed by atoms with van der Waals surface area (Å²) >= 11 is 0. The summed E-state index contributed by atoms with van der Waals surface area (Å²) in [5.74, 6) is 0.429. The van der Waals surface area contributed by atoms with Crippen LogP contribution in [0, 0.1) is 5.92 Å². The summed E-state index contributed by atoms with van der Waals surface area (Å²) in [6, 6.07) is 0. The van der Waals surface area contributed by atoms with E-state index in [-0.39, 0.29) is 5.97 Å². The van der Waals surface area contributed by atoms with Crippen molar-refractivity contribution >= 4 is 5.97 Å². The van der Waals surface area contributed by atoms with E-state index in [9.17, 15) is 4.79 Å². The lowest BCUT2D eigenvalue weighted by Gasteiger charge is -2.06. The molecule has 0 heterocycles. The van der Waals surface area contributed by atoms with Gasteiger partial charge in [-0.3, -0.25) is 0 Å². The van der Waals surface area contributed by atoms with Crippen LogP contribution in [0.1, 0.15) is 58.3 Å². The third kappa shape index (κ3) is 7.98. The van der Waals surface area contributed by atoms with Crippen LogP contribution in [-0.4, -0.2) is 12.6 Å². The zero-order valence-corrected chi connectivity index (χ0v) is 12.8. The second kappa shape index (κ2) is 10.5. The first-order valence-electron chi connectivity index (χ1n) is 7.88. The first kappa shape index (κ1) is 16.7. The van der Waals surface area contributed by atoms with Crippen molar-refractivity contribution in [2.45, 2.75) is 58.3 Å². The Morgan fingerprint density at radius 2 is 1.55 bits per heavy atom. The number of hydrogen-bond acceptors (Lipinski definition) is 2. The van der Waals surface area contributed by atoms with Crippen LogP contribution in [-0.2, 0) is 9.53 Å². The summed E-state index contributed by atoms with van der Waals surface area (Å²) < 4.78 is 5.05. The number of carbonyl (C=O) groups is 1. The Morgan fingerprint density at radius 3 is 2.15 bits per heavy atom. The summed E-state index contributed by atoms with van der Waals surface area (Å²) in [4.78, 5) is 11.1. The predicted octanol–water partition coefficient (Wildman–Crippen LogP) is 4.97. The quantitative estimate of drug-likeness (QED) is 0.302. The van der Waals surface area contributed by atoms with Crippen LogP contribution in [0.5, 0.6) is 0 Å². The number of hydrogen-bond donors (Lipinski definition) is 0. The molecule has 0 radical (unpaired) electrons. The molecule has 0 unspecified atom stereocenters. The number of rotatable bonds is 11. The maximum Gasteiger partial charge on any atom is 0.333 e. The van der Waals surface area contributed by atoms with Crippen LogP contribution in [0.4, 0.5) is 0 Å². The summed E-state index contributed by atoms with van der Waals surface area (Å²) in [5, 5.41) is 0. The normalized spacial score (nSPS) is 13.8. The predicted molar refractivity (Wildman–Crippen MR) is 84.5 cm³/mol. The van der Waals surface area contributed by atoms with Crippen LogP contribution in [0.15, 0.2) is 36.5 Å². The highest BCUT2D eigenvalue weighted by Gasteiger charge is 2.03. The fourth-order valence-electron chi connectivity index (χ4n) is 2.32. The van der Waals surface area contributed by atoms with Crippen molar-refractivity contribution in [2.24, 2.45) is 5.92 Å². The largest absolute Gasteiger partial charge is 0.462 e. The molecular formula is C18H28O2. The van der Waals surface area contributed by atoms with Gasteiger partial charge in [0, 0.05) is 5.57 Å². The maximum absolute atomic E-state index is 11.1. The van der Waals surface area contributed by atoms with Crippen molar-refractivity contribution in [1.82, 2.24) is 0 Å². The Labute approximate surface area is 123 Å². The van der Waals surface area contributed by atoms with Crippen molar-refractivity contribution in [3.05, 3.63) is 36.5 Å². The first-order valence-corrected chi connectivity index (χ1v) is 7.88. The molecule has 1 aliphatic rings. The molecule has 0 saturated heterocycles. The Hall–Kier alpha value is -1.31. The van der Waals surface area contributed by atoms with Crippen molar-refractivity contribution in [3.63, 3.8) is 0 Å². The van der Waals surface area contributed by atoms with Crippen molar-refractivity contribution in [3.8, 4) is 0 Å². The lowest BCUT2D eigenvalue weighted by molar-refractivity contribution is -0.139. The summed E-state index contributed by atoms with van der Waals surface area (Å²) in [7, 11) is 0. The van der Waals surface area contributed by atoms with Gasteiger partial charge < -0.3 is 4.74 Å². The molecule has 0 atom stereocenters. The summed E-state index contributed by atoms with van der Waals surface area (Å²) in [5.41, 5.74) is 0.483. The Bertz CT molecular complexity index is 340. The van der Waals surface area contributed by atoms with E-state index in [4.69, 9.17) is 4.74 Å². The van der Waals surface area contributed by atoms with Gasteiger partial charge in [0.15, 0.2) is 0 Å². The average molecular weight is 276 g/mol. The van der Waals surface area contributed by atoms with Crippen molar-refractivity contribution < 1.29 is 9.53 Å². The molecule has 0 aromatic carbocycles. The molecule has 2 heteroatoms. The van der Waals surface area contributed by atoms with Crippen molar-refractivity contribution in [1.29, 1.82) is 0 Å². The lowest BCUT2D eigenvalue weighted by atomic mass is 10.0. The molecule has 0 saturated carbocycles. The van der Waals surface area contributed by atoms with E-state index in [1.54, 1.807) is 6.92 Å². The highest BCUT2D eigenvalue weighted by Crippen LogP contribution is 2.18. The minimum atomic E-state index is -0.264. The minimum Gasteiger partial charge on any atom is -0.462 e. The topological polar surface area (TPSA) is 26.3 Å². The SMILES string of the molecule is C=C(C)C(=O)OCCCCCCCCCC1C=CC=C1. The second-order valence-corrected chi connectivity index (χ2v) is 5.61. The molecule has 0 bridgehead atoms. The van der Waals surface area contributed by atoms with Crippen LogP contribution in [0.25, 0.3) is 0 Å². The monoisotopic (exact) mass is 276 g/mol. The molecule has 20 heavy (non-hydrogen) atoms.